The van der Waals surface area contributed by atoms with Crippen LogP contribution in [0.1, 0.15) is 278 Å². The van der Waals surface area contributed by atoms with Gasteiger partial charge in [-0.1, -0.05) is 276 Å². The summed E-state index contributed by atoms with van der Waals surface area (Å²) in [6.45, 7) is 6.39. The molecule has 0 amide bonds. The highest BCUT2D eigenvalue weighted by Crippen LogP contribution is 2.15. The van der Waals surface area contributed by atoms with E-state index in [2.05, 4.69) is 154 Å². The van der Waals surface area contributed by atoms with E-state index in [0.29, 0.717) is 19.3 Å². The molecule has 0 radical (unpaired) electrons. The largest absolute Gasteiger partial charge is 0.462 e. The highest BCUT2D eigenvalue weighted by molar-refractivity contribution is 5.71. The highest BCUT2D eigenvalue weighted by atomic mass is 16.6. The molecule has 77 heavy (non-hydrogen) atoms. The number of hydrogen-bond donors (Lipinski definition) is 0. The molecule has 0 aromatic heterocycles. The molecule has 0 fully saturated rings. The molecule has 6 heteroatoms. The lowest BCUT2D eigenvalue weighted by molar-refractivity contribution is -0.167. The van der Waals surface area contributed by atoms with Gasteiger partial charge in [-0.05, 0) is 116 Å². The first-order valence-corrected chi connectivity index (χ1v) is 31.7. The SMILES string of the molecule is CC/C=C\C/C=C\C/C=C\C/C=C\C/C=C\C/C=C\CCCCCCC(=O)OCC(COC(=O)CCCCCCCCCCCCCCC)OC(=O)CCCCCCCCC/C=C\C/C=C\C/C=C\C/C=C\C/C=C\CC. The van der Waals surface area contributed by atoms with Crippen molar-refractivity contribution in [1.29, 1.82) is 0 Å². The van der Waals surface area contributed by atoms with Gasteiger partial charge in [-0.25, -0.2) is 0 Å². The number of unbranched alkanes of at least 4 members (excludes halogenated alkanes) is 23. The molecule has 1 unspecified atom stereocenters. The molecule has 0 aliphatic carbocycles. The van der Waals surface area contributed by atoms with E-state index in [-0.39, 0.29) is 31.1 Å². The number of ether oxygens (including phenoxy) is 3. The highest BCUT2D eigenvalue weighted by Gasteiger charge is 2.19. The van der Waals surface area contributed by atoms with Gasteiger partial charge in [-0.2, -0.15) is 0 Å². The molecule has 0 aliphatic heterocycles. The van der Waals surface area contributed by atoms with Gasteiger partial charge in [0.2, 0.25) is 0 Å². The third-order valence-electron chi connectivity index (χ3n) is 13.2. The lowest BCUT2D eigenvalue weighted by atomic mass is 10.0. The van der Waals surface area contributed by atoms with Crippen molar-refractivity contribution >= 4 is 17.9 Å². The van der Waals surface area contributed by atoms with E-state index >= 15 is 0 Å². The first-order chi connectivity index (χ1) is 38.0. The summed E-state index contributed by atoms with van der Waals surface area (Å²) in [6, 6.07) is 0. The summed E-state index contributed by atoms with van der Waals surface area (Å²) in [4.78, 5) is 38.3. The van der Waals surface area contributed by atoms with Crippen LogP contribution in [0.2, 0.25) is 0 Å². The zero-order valence-electron chi connectivity index (χ0n) is 49.9. The number of rotatable bonds is 56. The minimum absolute atomic E-state index is 0.0927. The van der Waals surface area contributed by atoms with Gasteiger partial charge in [-0.15, -0.1) is 0 Å². The van der Waals surface area contributed by atoms with Gasteiger partial charge >= 0.3 is 17.9 Å². The van der Waals surface area contributed by atoms with Crippen molar-refractivity contribution in [3.05, 3.63) is 134 Å². The molecule has 0 aliphatic rings. The molecule has 6 nitrogen and oxygen atoms in total. The average molecular weight is 1070 g/mol. The maximum Gasteiger partial charge on any atom is 0.306 e. The van der Waals surface area contributed by atoms with Gasteiger partial charge in [-0.3, -0.25) is 14.4 Å². The fourth-order valence-electron chi connectivity index (χ4n) is 8.47. The number of carbonyl (C=O) groups excluding carboxylic acids is 3. The molecule has 0 N–H and O–H groups in total. The van der Waals surface area contributed by atoms with Crippen molar-refractivity contribution in [3.8, 4) is 0 Å². The van der Waals surface area contributed by atoms with Crippen LogP contribution in [0.4, 0.5) is 0 Å². The lowest BCUT2D eigenvalue weighted by Gasteiger charge is -2.18. The van der Waals surface area contributed by atoms with Gasteiger partial charge in [0, 0.05) is 19.3 Å². The normalized spacial score (nSPS) is 13.0. The van der Waals surface area contributed by atoms with Crippen molar-refractivity contribution in [2.75, 3.05) is 13.2 Å². The number of allylic oxidation sites excluding steroid dienone is 22. The number of hydrogen-bond acceptors (Lipinski definition) is 6. The second kappa shape index (κ2) is 64.1. The van der Waals surface area contributed by atoms with E-state index in [1.165, 1.54) is 83.5 Å². The Morgan fingerprint density at radius 1 is 0.273 bits per heavy atom. The summed E-state index contributed by atoms with van der Waals surface area (Å²) >= 11 is 0. The Morgan fingerprint density at radius 2 is 0.506 bits per heavy atom. The summed E-state index contributed by atoms with van der Waals surface area (Å²) < 4.78 is 16.9. The monoisotopic (exact) mass is 1060 g/mol. The minimum atomic E-state index is -0.800. The predicted molar refractivity (Wildman–Crippen MR) is 334 cm³/mol. The third kappa shape index (κ3) is 62.3. The molecule has 0 bridgehead atoms. The quantitative estimate of drug-likeness (QED) is 0.0261. The Kier molecular flexibility index (Phi) is 60.4. The number of carbonyl (C=O) groups is 3. The molecule has 0 rings (SSSR count). The van der Waals surface area contributed by atoms with Crippen LogP contribution >= 0.6 is 0 Å². The Labute approximate surface area is 475 Å². The predicted octanol–water partition coefficient (Wildman–Crippen LogP) is 21.8. The van der Waals surface area contributed by atoms with Gasteiger partial charge in [0.25, 0.3) is 0 Å². The molecule has 0 heterocycles. The van der Waals surface area contributed by atoms with E-state index in [4.69, 9.17) is 14.2 Å². The Morgan fingerprint density at radius 3 is 0.792 bits per heavy atom. The molecule has 0 aromatic carbocycles. The molecular weight excluding hydrogens is 949 g/mol. The van der Waals surface area contributed by atoms with Gasteiger partial charge in [0.15, 0.2) is 6.10 Å². The number of esters is 3. The molecule has 0 saturated heterocycles. The topological polar surface area (TPSA) is 78.9 Å². The van der Waals surface area contributed by atoms with E-state index < -0.39 is 6.10 Å². The van der Waals surface area contributed by atoms with Gasteiger partial charge < -0.3 is 14.2 Å². The zero-order valence-corrected chi connectivity index (χ0v) is 49.9. The molecule has 1 atom stereocenters. The van der Waals surface area contributed by atoms with Crippen LogP contribution in [0.3, 0.4) is 0 Å². The van der Waals surface area contributed by atoms with Crippen LogP contribution in [-0.4, -0.2) is 37.2 Å². The van der Waals surface area contributed by atoms with Crippen LogP contribution in [0.25, 0.3) is 0 Å². The smallest absolute Gasteiger partial charge is 0.306 e. The fraction of sp³-hybridized carbons (Fsp3) is 0.648. The van der Waals surface area contributed by atoms with E-state index in [0.717, 1.165) is 154 Å². The average Bonchev–Trinajstić information content (AvgIpc) is 3.43. The summed E-state index contributed by atoms with van der Waals surface area (Å²) in [5.41, 5.74) is 0. The Hall–Kier alpha value is -4.45. The summed E-state index contributed by atoms with van der Waals surface area (Å²) in [5.74, 6) is -0.927. The first kappa shape index (κ1) is 72.5. The van der Waals surface area contributed by atoms with Crippen LogP contribution in [0.5, 0.6) is 0 Å². The van der Waals surface area contributed by atoms with Crippen LogP contribution in [0.15, 0.2) is 134 Å². The van der Waals surface area contributed by atoms with Crippen LogP contribution in [-0.2, 0) is 28.6 Å². The third-order valence-corrected chi connectivity index (χ3v) is 13.2. The summed E-state index contributed by atoms with van der Waals surface area (Å²) in [5, 5.41) is 0. The summed E-state index contributed by atoms with van der Waals surface area (Å²) in [6.07, 6.45) is 90.2. The van der Waals surface area contributed by atoms with Crippen molar-refractivity contribution in [2.24, 2.45) is 0 Å². The summed E-state index contributed by atoms with van der Waals surface area (Å²) in [7, 11) is 0. The van der Waals surface area contributed by atoms with Crippen molar-refractivity contribution in [3.63, 3.8) is 0 Å². The maximum atomic E-state index is 12.9. The molecular formula is C71H116O6. The standard InChI is InChI=1S/C71H116O6/c1-4-7-10-13-16-19-22-25-27-29-31-33-35-37-39-41-43-46-49-52-55-58-61-64-70(73)76-67-68(66-75-69(72)63-60-57-54-51-48-45-24-21-18-15-12-9-6-3)77-71(74)65-62-59-56-53-50-47-44-42-40-38-36-34-32-30-28-26-23-20-17-14-11-8-5-2/h7-8,10-11,16-17,19-20,25-28,31-34,37-40,43,46,68H,4-6,9,12-15,18,21-24,29-30,35-36,41-42,44-45,47-67H2,1-3H3/b10-7-,11-8-,19-16-,20-17-,27-25-,28-26-,33-31-,34-32-,39-37-,40-38-,46-43-. The first-order valence-electron chi connectivity index (χ1n) is 31.7. The molecule has 436 valence electrons. The Bertz CT molecular complexity index is 1650. The molecule has 0 saturated carbocycles. The molecule has 0 aromatic rings. The fourth-order valence-corrected chi connectivity index (χ4v) is 8.47. The maximum absolute atomic E-state index is 12.9. The van der Waals surface area contributed by atoms with Crippen LogP contribution in [0, 0.1) is 0 Å². The zero-order chi connectivity index (χ0) is 55.7. The van der Waals surface area contributed by atoms with Crippen LogP contribution < -0.4 is 0 Å². The Balaban J connectivity index is 4.44. The minimum Gasteiger partial charge on any atom is -0.462 e. The van der Waals surface area contributed by atoms with Crippen molar-refractivity contribution in [2.45, 2.75) is 284 Å². The van der Waals surface area contributed by atoms with E-state index in [1.807, 2.05) is 0 Å². The van der Waals surface area contributed by atoms with Crippen molar-refractivity contribution < 1.29 is 28.6 Å². The van der Waals surface area contributed by atoms with Gasteiger partial charge in [0.1, 0.15) is 13.2 Å². The lowest BCUT2D eigenvalue weighted by Crippen LogP contribution is -2.30. The second-order valence-electron chi connectivity index (χ2n) is 20.6. The molecule has 0 spiro atoms. The van der Waals surface area contributed by atoms with Gasteiger partial charge in [0.05, 0.1) is 0 Å². The van der Waals surface area contributed by atoms with E-state index in [9.17, 15) is 14.4 Å². The second-order valence-corrected chi connectivity index (χ2v) is 20.6. The van der Waals surface area contributed by atoms with Crippen molar-refractivity contribution in [1.82, 2.24) is 0 Å². The van der Waals surface area contributed by atoms with E-state index in [1.54, 1.807) is 0 Å².